The molecule has 7 heteroatoms. The minimum Gasteiger partial charge on any atom is -0.346 e. The molecular weight excluding hydrogens is 276 g/mol. The number of hydrogen-bond donors (Lipinski definition) is 3. The van der Waals surface area contributed by atoms with E-state index in [9.17, 15) is 9.59 Å². The molecule has 0 atom stereocenters. The van der Waals surface area contributed by atoms with E-state index in [1.54, 1.807) is 11.3 Å². The molecule has 0 saturated heterocycles. The molecule has 2 amide bonds. The zero-order chi connectivity index (χ0) is 14.4. The van der Waals surface area contributed by atoms with Gasteiger partial charge in [0.25, 0.3) is 0 Å². The maximum absolute atomic E-state index is 11.7. The predicted octanol–water partition coefficient (Wildman–Crippen LogP) is 0.815. The Hall–Kier alpha value is -1.47. The van der Waals surface area contributed by atoms with Crippen molar-refractivity contribution in [3.63, 3.8) is 0 Å². The van der Waals surface area contributed by atoms with Crippen LogP contribution in [0.2, 0.25) is 0 Å². The number of thiazole rings is 1. The number of amides is 2. The molecule has 1 aliphatic rings. The Labute approximate surface area is 122 Å². The molecule has 20 heavy (non-hydrogen) atoms. The average Bonchev–Trinajstić information content (AvgIpc) is 2.77. The van der Waals surface area contributed by atoms with Gasteiger partial charge in [0.1, 0.15) is 0 Å². The quantitative estimate of drug-likeness (QED) is 0.766. The summed E-state index contributed by atoms with van der Waals surface area (Å²) in [6.07, 6.45) is 6.91. The average molecular weight is 296 g/mol. The highest BCUT2D eigenvalue weighted by Crippen LogP contribution is 2.28. The molecule has 2 rings (SSSR count). The Bertz CT molecular complexity index is 461. The number of hydrogen-bond acceptors (Lipinski definition) is 5. The second-order valence-corrected chi connectivity index (χ2v) is 5.92. The van der Waals surface area contributed by atoms with Crippen molar-refractivity contribution in [2.75, 3.05) is 18.4 Å². The number of aromatic nitrogens is 1. The fraction of sp³-hybridized carbons (Fsp3) is 0.615. The summed E-state index contributed by atoms with van der Waals surface area (Å²) in [5, 5.41) is 5.80. The van der Waals surface area contributed by atoms with Crippen molar-refractivity contribution in [2.45, 2.75) is 38.5 Å². The molecule has 1 aromatic rings. The lowest BCUT2D eigenvalue weighted by atomic mass is 10.0. The summed E-state index contributed by atoms with van der Waals surface area (Å²) in [5.74, 6) is -0.611. The molecule has 0 radical (unpaired) electrons. The molecule has 0 bridgehead atoms. The number of carbonyl (C=O) groups is 2. The Kier molecular flexibility index (Phi) is 5.49. The third-order valence-electron chi connectivity index (χ3n) is 3.22. The normalized spacial score (nSPS) is 14.8. The molecule has 0 spiro atoms. The molecular formula is C13H20N4O2S. The summed E-state index contributed by atoms with van der Waals surface area (Å²) in [7, 11) is 0. The number of nitrogens with zero attached hydrogens (tertiary/aromatic N) is 1. The van der Waals surface area contributed by atoms with E-state index in [1.807, 2.05) is 0 Å². The summed E-state index contributed by atoms with van der Waals surface area (Å²) in [6, 6.07) is 0. The van der Waals surface area contributed by atoms with Crippen LogP contribution in [0.1, 0.15) is 36.3 Å². The second-order valence-electron chi connectivity index (χ2n) is 4.83. The van der Waals surface area contributed by atoms with E-state index in [-0.39, 0.29) is 24.9 Å². The Balaban J connectivity index is 1.91. The first-order valence-electron chi connectivity index (χ1n) is 6.94. The van der Waals surface area contributed by atoms with Gasteiger partial charge in [-0.3, -0.25) is 9.59 Å². The van der Waals surface area contributed by atoms with Gasteiger partial charge in [-0.05, 0) is 25.7 Å². The van der Waals surface area contributed by atoms with E-state index >= 15 is 0 Å². The number of aryl methyl sites for hydroxylation is 2. The Morgan fingerprint density at radius 1 is 1.15 bits per heavy atom. The van der Waals surface area contributed by atoms with Crippen LogP contribution in [0.3, 0.4) is 0 Å². The van der Waals surface area contributed by atoms with Crippen LogP contribution in [-0.2, 0) is 22.4 Å². The van der Waals surface area contributed by atoms with Gasteiger partial charge in [0.05, 0.1) is 18.8 Å². The molecule has 0 fully saturated rings. The number of anilines is 1. The van der Waals surface area contributed by atoms with Gasteiger partial charge in [0, 0.05) is 4.88 Å². The van der Waals surface area contributed by atoms with Gasteiger partial charge in [0.2, 0.25) is 11.8 Å². The van der Waals surface area contributed by atoms with Crippen molar-refractivity contribution in [3.05, 3.63) is 10.6 Å². The van der Waals surface area contributed by atoms with Crippen LogP contribution < -0.4 is 16.4 Å². The van der Waals surface area contributed by atoms with Crippen molar-refractivity contribution >= 4 is 28.3 Å². The summed E-state index contributed by atoms with van der Waals surface area (Å²) < 4.78 is 0. The molecule has 110 valence electrons. The standard InChI is InChI=1S/C13H20N4O2S/c14-7-11(18)15-8-12(19)17-13-16-9-5-3-1-2-4-6-10(9)20-13/h1-8,14H2,(H,15,18)(H,16,17,19). The minimum atomic E-state index is -0.341. The van der Waals surface area contributed by atoms with Crippen molar-refractivity contribution < 1.29 is 9.59 Å². The zero-order valence-corrected chi connectivity index (χ0v) is 12.2. The summed E-state index contributed by atoms with van der Waals surface area (Å²) in [5.41, 5.74) is 6.27. The lowest BCUT2D eigenvalue weighted by Crippen LogP contribution is -2.36. The molecule has 6 nitrogen and oxygen atoms in total. The number of carbonyl (C=O) groups excluding carboxylic acids is 2. The summed E-state index contributed by atoms with van der Waals surface area (Å²) >= 11 is 1.55. The lowest BCUT2D eigenvalue weighted by Gasteiger charge is -2.06. The third-order valence-corrected chi connectivity index (χ3v) is 4.30. The molecule has 1 aliphatic carbocycles. The van der Waals surface area contributed by atoms with Crippen LogP contribution in [-0.4, -0.2) is 29.9 Å². The van der Waals surface area contributed by atoms with E-state index in [2.05, 4.69) is 15.6 Å². The van der Waals surface area contributed by atoms with Crippen molar-refractivity contribution in [1.82, 2.24) is 10.3 Å². The molecule has 1 heterocycles. The number of rotatable bonds is 4. The van der Waals surface area contributed by atoms with Gasteiger partial charge in [-0.1, -0.05) is 12.8 Å². The number of fused-ring (bicyclic) bond motifs is 1. The molecule has 0 aliphatic heterocycles. The zero-order valence-electron chi connectivity index (χ0n) is 11.4. The van der Waals surface area contributed by atoms with Crippen LogP contribution in [0.4, 0.5) is 5.13 Å². The largest absolute Gasteiger partial charge is 0.346 e. The van der Waals surface area contributed by atoms with E-state index in [0.29, 0.717) is 5.13 Å². The smallest absolute Gasteiger partial charge is 0.245 e. The predicted molar refractivity (Wildman–Crippen MR) is 78.7 cm³/mol. The molecule has 4 N–H and O–H groups in total. The highest BCUT2D eigenvalue weighted by molar-refractivity contribution is 7.15. The van der Waals surface area contributed by atoms with Gasteiger partial charge in [-0.25, -0.2) is 4.98 Å². The number of nitrogens with one attached hydrogen (secondary N) is 2. The highest BCUT2D eigenvalue weighted by Gasteiger charge is 2.14. The SMILES string of the molecule is NCC(=O)NCC(=O)Nc1nc2c(s1)CCCCCC2. The van der Waals surface area contributed by atoms with Gasteiger partial charge < -0.3 is 16.4 Å². The van der Waals surface area contributed by atoms with Gasteiger partial charge >= 0.3 is 0 Å². The second kappa shape index (κ2) is 7.35. The van der Waals surface area contributed by atoms with Crippen LogP contribution in [0.5, 0.6) is 0 Å². The molecule has 0 aromatic carbocycles. The Morgan fingerprint density at radius 3 is 2.65 bits per heavy atom. The first-order chi connectivity index (χ1) is 9.69. The highest BCUT2D eigenvalue weighted by atomic mass is 32.1. The van der Waals surface area contributed by atoms with E-state index in [1.165, 1.54) is 24.1 Å². The van der Waals surface area contributed by atoms with Crippen molar-refractivity contribution in [2.24, 2.45) is 5.73 Å². The third kappa shape index (κ3) is 4.28. The van der Waals surface area contributed by atoms with Crippen LogP contribution in [0, 0.1) is 0 Å². The lowest BCUT2D eigenvalue weighted by molar-refractivity contribution is -0.123. The summed E-state index contributed by atoms with van der Waals surface area (Å²) in [4.78, 5) is 28.4. The molecule has 0 saturated carbocycles. The maximum Gasteiger partial charge on any atom is 0.245 e. The van der Waals surface area contributed by atoms with Crippen molar-refractivity contribution in [1.29, 1.82) is 0 Å². The maximum atomic E-state index is 11.7. The van der Waals surface area contributed by atoms with Crippen molar-refractivity contribution in [3.8, 4) is 0 Å². The fourth-order valence-corrected chi connectivity index (χ4v) is 3.24. The fourth-order valence-electron chi connectivity index (χ4n) is 2.17. The first kappa shape index (κ1) is 14.9. The van der Waals surface area contributed by atoms with Gasteiger partial charge in [-0.15, -0.1) is 11.3 Å². The topological polar surface area (TPSA) is 97.1 Å². The first-order valence-corrected chi connectivity index (χ1v) is 7.76. The van der Waals surface area contributed by atoms with E-state index < -0.39 is 0 Å². The van der Waals surface area contributed by atoms with E-state index in [0.717, 1.165) is 25.0 Å². The minimum absolute atomic E-state index is 0.0692. The van der Waals surface area contributed by atoms with Crippen LogP contribution in [0.25, 0.3) is 0 Å². The van der Waals surface area contributed by atoms with Crippen LogP contribution in [0.15, 0.2) is 0 Å². The van der Waals surface area contributed by atoms with Gasteiger partial charge in [0.15, 0.2) is 5.13 Å². The van der Waals surface area contributed by atoms with Crippen LogP contribution >= 0.6 is 11.3 Å². The Morgan fingerprint density at radius 2 is 1.90 bits per heavy atom. The number of nitrogens with two attached hydrogens (primary N) is 1. The van der Waals surface area contributed by atoms with Gasteiger partial charge in [-0.2, -0.15) is 0 Å². The van der Waals surface area contributed by atoms with E-state index in [4.69, 9.17) is 5.73 Å². The molecule has 1 aromatic heterocycles. The monoisotopic (exact) mass is 296 g/mol. The summed E-state index contributed by atoms with van der Waals surface area (Å²) in [6.45, 7) is -0.181. The molecule has 0 unspecified atom stereocenters.